The van der Waals surface area contributed by atoms with Crippen LogP contribution in [-0.4, -0.2) is 79.6 Å². The lowest BCUT2D eigenvalue weighted by Crippen LogP contribution is -2.53. The molecule has 3 aliphatic rings. The molecule has 1 saturated carbocycles. The van der Waals surface area contributed by atoms with E-state index in [0.717, 1.165) is 25.8 Å². The van der Waals surface area contributed by atoms with Gasteiger partial charge in [0.25, 0.3) is 0 Å². The molecule has 0 bridgehead atoms. The number of fused-ring (bicyclic) bond motifs is 1. The third kappa shape index (κ3) is 4.36. The Hall–Kier alpha value is -1.21. The summed E-state index contributed by atoms with van der Waals surface area (Å²) in [7, 11) is 3.52. The van der Waals surface area contributed by atoms with Gasteiger partial charge in [0, 0.05) is 38.6 Å². The highest BCUT2D eigenvalue weighted by Crippen LogP contribution is 2.38. The Morgan fingerprint density at radius 1 is 1.27 bits per heavy atom. The zero-order valence-electron chi connectivity index (χ0n) is 16.2. The van der Waals surface area contributed by atoms with Crippen LogP contribution in [0.15, 0.2) is 0 Å². The highest BCUT2D eigenvalue weighted by atomic mass is 19.1. The molecule has 0 aromatic rings. The molecule has 7 heteroatoms. The standard InChI is InChI=1S/C19H33FN4O2/c1-12-6-7-15(20)14-9-16(22-18(12)14)19(26)21-13-5-4-8-24(10-13)11-17(25)23(2)3/h12-16,18,22H,4-11H2,1-3H3,(H,21,26). The molecule has 0 aromatic carbocycles. The minimum Gasteiger partial charge on any atom is -0.351 e. The van der Waals surface area contributed by atoms with Crippen molar-refractivity contribution in [2.24, 2.45) is 11.8 Å². The van der Waals surface area contributed by atoms with Crippen LogP contribution >= 0.6 is 0 Å². The quantitative estimate of drug-likeness (QED) is 0.769. The fourth-order valence-corrected chi connectivity index (χ4v) is 4.75. The third-order valence-electron chi connectivity index (χ3n) is 6.36. The molecule has 2 saturated heterocycles. The van der Waals surface area contributed by atoms with Crippen LogP contribution in [0.25, 0.3) is 0 Å². The predicted molar refractivity (Wildman–Crippen MR) is 98.4 cm³/mol. The summed E-state index contributed by atoms with van der Waals surface area (Å²) in [4.78, 5) is 28.3. The molecule has 0 radical (unpaired) electrons. The van der Waals surface area contributed by atoms with Crippen LogP contribution < -0.4 is 10.6 Å². The van der Waals surface area contributed by atoms with Crippen molar-refractivity contribution in [1.82, 2.24) is 20.4 Å². The summed E-state index contributed by atoms with van der Waals surface area (Å²) in [6, 6.07) is -0.105. The van der Waals surface area contributed by atoms with Crippen molar-refractivity contribution >= 4 is 11.8 Å². The van der Waals surface area contributed by atoms with Crippen molar-refractivity contribution in [1.29, 1.82) is 0 Å². The van der Waals surface area contributed by atoms with E-state index in [1.807, 2.05) is 0 Å². The summed E-state index contributed by atoms with van der Waals surface area (Å²) in [5, 5.41) is 6.54. The smallest absolute Gasteiger partial charge is 0.237 e. The number of likely N-dealkylation sites (N-methyl/N-ethyl adjacent to an activating group) is 1. The normalized spacial score (nSPS) is 37.8. The minimum absolute atomic E-state index is 0.00964. The molecular formula is C19H33FN4O2. The third-order valence-corrected chi connectivity index (χ3v) is 6.36. The number of nitrogens with one attached hydrogen (secondary N) is 2. The first kappa shape index (κ1) is 19.5. The highest BCUT2D eigenvalue weighted by Gasteiger charge is 2.46. The van der Waals surface area contributed by atoms with Gasteiger partial charge in [0.15, 0.2) is 0 Å². The zero-order valence-corrected chi connectivity index (χ0v) is 16.2. The molecule has 148 valence electrons. The number of carbonyl (C=O) groups is 2. The molecule has 6 nitrogen and oxygen atoms in total. The maximum absolute atomic E-state index is 14.2. The van der Waals surface area contributed by atoms with Gasteiger partial charge in [-0.2, -0.15) is 0 Å². The Morgan fingerprint density at radius 3 is 2.73 bits per heavy atom. The minimum atomic E-state index is -0.788. The lowest BCUT2D eigenvalue weighted by atomic mass is 9.77. The van der Waals surface area contributed by atoms with E-state index in [4.69, 9.17) is 0 Å². The SMILES string of the molecule is CC1CCC(F)C2CC(C(=O)NC3CCCN(CC(=O)N(C)C)C3)NC12. The predicted octanol–water partition coefficient (Wildman–Crippen LogP) is 0.770. The Morgan fingerprint density at radius 2 is 2.04 bits per heavy atom. The largest absolute Gasteiger partial charge is 0.351 e. The number of piperidine rings is 1. The van der Waals surface area contributed by atoms with Gasteiger partial charge in [-0.15, -0.1) is 0 Å². The molecule has 1 aliphatic carbocycles. The van der Waals surface area contributed by atoms with Gasteiger partial charge >= 0.3 is 0 Å². The van der Waals surface area contributed by atoms with E-state index in [-0.39, 0.29) is 35.9 Å². The Balaban J connectivity index is 1.51. The van der Waals surface area contributed by atoms with Crippen molar-refractivity contribution in [2.75, 3.05) is 33.7 Å². The van der Waals surface area contributed by atoms with E-state index in [1.165, 1.54) is 0 Å². The van der Waals surface area contributed by atoms with E-state index in [1.54, 1.807) is 19.0 Å². The second kappa shape index (κ2) is 8.21. The number of likely N-dealkylation sites (tertiary alicyclic amines) is 1. The summed E-state index contributed by atoms with van der Waals surface area (Å²) < 4.78 is 14.2. The Kier molecular flexibility index (Phi) is 6.17. The van der Waals surface area contributed by atoms with Crippen LogP contribution in [0.2, 0.25) is 0 Å². The molecule has 0 spiro atoms. The van der Waals surface area contributed by atoms with Gasteiger partial charge in [-0.05, 0) is 44.6 Å². The molecule has 3 fully saturated rings. The maximum atomic E-state index is 14.2. The molecule has 2 amide bonds. The van der Waals surface area contributed by atoms with Gasteiger partial charge in [0.2, 0.25) is 11.8 Å². The number of carbonyl (C=O) groups excluding carboxylic acids is 2. The summed E-state index contributed by atoms with van der Waals surface area (Å²) in [6.07, 6.45) is 3.22. The van der Waals surface area contributed by atoms with Crippen molar-refractivity contribution in [3.8, 4) is 0 Å². The first-order chi connectivity index (χ1) is 12.3. The maximum Gasteiger partial charge on any atom is 0.237 e. The van der Waals surface area contributed by atoms with Gasteiger partial charge in [-0.25, -0.2) is 4.39 Å². The fraction of sp³-hybridized carbons (Fsp3) is 0.895. The van der Waals surface area contributed by atoms with Crippen LogP contribution in [0.1, 0.15) is 39.0 Å². The molecular weight excluding hydrogens is 335 g/mol. The van der Waals surface area contributed by atoms with Crippen LogP contribution in [0.3, 0.4) is 0 Å². The second-order valence-corrected chi connectivity index (χ2v) is 8.59. The monoisotopic (exact) mass is 368 g/mol. The van der Waals surface area contributed by atoms with Crippen molar-refractivity contribution in [2.45, 2.75) is 63.3 Å². The van der Waals surface area contributed by atoms with Gasteiger partial charge in [-0.3, -0.25) is 14.5 Å². The number of rotatable bonds is 4. The summed E-state index contributed by atoms with van der Waals surface area (Å²) in [6.45, 7) is 4.13. The van der Waals surface area contributed by atoms with Gasteiger partial charge < -0.3 is 15.5 Å². The molecule has 26 heavy (non-hydrogen) atoms. The number of halogens is 1. The zero-order chi connectivity index (χ0) is 18.8. The van der Waals surface area contributed by atoms with E-state index in [2.05, 4.69) is 22.5 Å². The summed E-state index contributed by atoms with van der Waals surface area (Å²) in [5.74, 6) is 0.466. The number of alkyl halides is 1. The Bertz CT molecular complexity index is 512. The first-order valence-electron chi connectivity index (χ1n) is 9.98. The average Bonchev–Trinajstić information content (AvgIpc) is 3.05. The van der Waals surface area contributed by atoms with E-state index in [9.17, 15) is 14.0 Å². The molecule has 2 heterocycles. The molecule has 6 unspecified atom stereocenters. The second-order valence-electron chi connectivity index (χ2n) is 8.59. The first-order valence-corrected chi connectivity index (χ1v) is 9.98. The topological polar surface area (TPSA) is 64.7 Å². The number of amides is 2. The fourth-order valence-electron chi connectivity index (χ4n) is 4.75. The van der Waals surface area contributed by atoms with E-state index < -0.39 is 6.17 Å². The molecule has 0 aromatic heterocycles. The van der Waals surface area contributed by atoms with Gasteiger partial charge in [0.1, 0.15) is 6.17 Å². The number of hydrogen-bond donors (Lipinski definition) is 2. The van der Waals surface area contributed by atoms with Crippen LogP contribution in [0.5, 0.6) is 0 Å². The van der Waals surface area contributed by atoms with Crippen LogP contribution in [-0.2, 0) is 9.59 Å². The van der Waals surface area contributed by atoms with Crippen molar-refractivity contribution in [3.05, 3.63) is 0 Å². The van der Waals surface area contributed by atoms with Crippen molar-refractivity contribution < 1.29 is 14.0 Å². The van der Waals surface area contributed by atoms with E-state index in [0.29, 0.717) is 31.8 Å². The van der Waals surface area contributed by atoms with E-state index >= 15 is 0 Å². The van der Waals surface area contributed by atoms with Crippen LogP contribution in [0.4, 0.5) is 4.39 Å². The molecule has 2 aliphatic heterocycles. The molecule has 6 atom stereocenters. The summed E-state index contributed by atoms with van der Waals surface area (Å²) >= 11 is 0. The number of nitrogens with zero attached hydrogens (tertiary/aromatic N) is 2. The molecule has 2 N–H and O–H groups in total. The lowest BCUT2D eigenvalue weighted by molar-refractivity contribution is -0.130. The molecule has 3 rings (SSSR count). The van der Waals surface area contributed by atoms with Gasteiger partial charge in [-0.1, -0.05) is 6.92 Å². The highest BCUT2D eigenvalue weighted by molar-refractivity contribution is 5.82. The number of hydrogen-bond acceptors (Lipinski definition) is 4. The van der Waals surface area contributed by atoms with Crippen molar-refractivity contribution in [3.63, 3.8) is 0 Å². The average molecular weight is 368 g/mol. The lowest BCUT2D eigenvalue weighted by Gasteiger charge is -2.34. The summed E-state index contributed by atoms with van der Waals surface area (Å²) in [5.41, 5.74) is 0. The Labute approximate surface area is 155 Å². The van der Waals surface area contributed by atoms with Crippen LogP contribution in [0, 0.1) is 11.8 Å². The van der Waals surface area contributed by atoms with Gasteiger partial charge in [0.05, 0.1) is 12.6 Å².